The summed E-state index contributed by atoms with van der Waals surface area (Å²) in [7, 11) is 1.66. The van der Waals surface area contributed by atoms with Gasteiger partial charge in [0.15, 0.2) is 0 Å². The van der Waals surface area contributed by atoms with Gasteiger partial charge in [-0.1, -0.05) is 23.4 Å². The highest BCUT2D eigenvalue weighted by Gasteiger charge is 2.11. The second-order valence-corrected chi connectivity index (χ2v) is 7.23. The highest BCUT2D eigenvalue weighted by molar-refractivity contribution is 5.64. The maximum Gasteiger partial charge on any atom is 0.143 e. The van der Waals surface area contributed by atoms with Gasteiger partial charge in [-0.05, 0) is 42.8 Å². The third-order valence-electron chi connectivity index (χ3n) is 5.05. The zero-order valence-corrected chi connectivity index (χ0v) is 17.3. The van der Waals surface area contributed by atoms with Crippen molar-refractivity contribution in [2.45, 2.75) is 13.5 Å². The van der Waals surface area contributed by atoms with Gasteiger partial charge in [0, 0.05) is 24.2 Å². The number of benzene rings is 2. The van der Waals surface area contributed by atoms with Crippen LogP contribution in [0.3, 0.4) is 0 Å². The van der Waals surface area contributed by atoms with E-state index in [2.05, 4.69) is 32.5 Å². The van der Waals surface area contributed by atoms with E-state index in [1.165, 1.54) is 0 Å². The summed E-state index contributed by atoms with van der Waals surface area (Å²) in [6.07, 6.45) is 9.37. The number of aromatic nitrogens is 7. The molecule has 0 atom stereocenters. The zero-order chi connectivity index (χ0) is 21.2. The summed E-state index contributed by atoms with van der Waals surface area (Å²) in [5.74, 6) is 0.749. The van der Waals surface area contributed by atoms with Crippen LogP contribution in [0.15, 0.2) is 79.6 Å². The van der Waals surface area contributed by atoms with E-state index in [1.807, 2.05) is 75.8 Å². The summed E-state index contributed by atoms with van der Waals surface area (Å²) in [5.41, 5.74) is 5.77. The van der Waals surface area contributed by atoms with Crippen LogP contribution >= 0.6 is 0 Å². The van der Waals surface area contributed by atoms with Crippen molar-refractivity contribution in [1.82, 2.24) is 34.3 Å². The fourth-order valence-electron chi connectivity index (χ4n) is 3.47. The normalized spacial score (nSPS) is 11.0. The molecule has 0 N–H and O–H groups in total. The van der Waals surface area contributed by atoms with Crippen LogP contribution in [0, 0.1) is 6.92 Å². The molecule has 0 amide bonds. The third kappa shape index (κ3) is 3.83. The lowest BCUT2D eigenvalue weighted by atomic mass is 10.1. The predicted molar refractivity (Wildman–Crippen MR) is 117 cm³/mol. The Morgan fingerprint density at radius 1 is 1.03 bits per heavy atom. The van der Waals surface area contributed by atoms with Crippen molar-refractivity contribution in [3.8, 4) is 28.4 Å². The van der Waals surface area contributed by atoms with Crippen LogP contribution in [0.2, 0.25) is 0 Å². The van der Waals surface area contributed by atoms with E-state index in [0.29, 0.717) is 6.54 Å². The molecule has 3 heterocycles. The van der Waals surface area contributed by atoms with Gasteiger partial charge < -0.3 is 9.30 Å². The Labute approximate surface area is 179 Å². The number of imidazole rings is 1. The Hall–Kier alpha value is -4.20. The number of rotatable bonds is 6. The Morgan fingerprint density at radius 3 is 2.61 bits per heavy atom. The molecule has 0 unspecified atom stereocenters. The maximum atomic E-state index is 5.60. The lowest BCUT2D eigenvalue weighted by molar-refractivity contribution is 0.413. The number of methoxy groups -OCH3 is 1. The molecule has 0 saturated carbocycles. The lowest BCUT2D eigenvalue weighted by Gasteiger charge is -2.10. The molecule has 31 heavy (non-hydrogen) atoms. The molecule has 8 nitrogen and oxygen atoms in total. The van der Waals surface area contributed by atoms with Crippen molar-refractivity contribution in [3.05, 3.63) is 90.9 Å². The minimum absolute atomic E-state index is 0.635. The van der Waals surface area contributed by atoms with Gasteiger partial charge in [0.2, 0.25) is 0 Å². The number of ether oxygens (including phenoxy) is 1. The van der Waals surface area contributed by atoms with Gasteiger partial charge in [-0.3, -0.25) is 0 Å². The maximum absolute atomic E-state index is 5.60. The van der Waals surface area contributed by atoms with Gasteiger partial charge >= 0.3 is 0 Å². The summed E-state index contributed by atoms with van der Waals surface area (Å²) in [5, 5.41) is 12.9. The molecule has 0 saturated heterocycles. The van der Waals surface area contributed by atoms with Crippen LogP contribution in [0.5, 0.6) is 5.75 Å². The molecule has 2 aromatic carbocycles. The van der Waals surface area contributed by atoms with E-state index in [0.717, 1.165) is 39.6 Å². The summed E-state index contributed by atoms with van der Waals surface area (Å²) in [4.78, 5) is 4.29. The topological polar surface area (TPSA) is 75.6 Å². The number of nitrogens with zero attached hydrogens (tertiary/aromatic N) is 7. The molecule has 0 fully saturated rings. The van der Waals surface area contributed by atoms with Crippen molar-refractivity contribution in [2.75, 3.05) is 7.11 Å². The van der Waals surface area contributed by atoms with Gasteiger partial charge in [-0.25, -0.2) is 14.3 Å². The average molecular weight is 411 g/mol. The van der Waals surface area contributed by atoms with Crippen LogP contribution in [0.25, 0.3) is 22.6 Å². The third-order valence-corrected chi connectivity index (χ3v) is 5.05. The van der Waals surface area contributed by atoms with Crippen LogP contribution in [0.4, 0.5) is 0 Å². The summed E-state index contributed by atoms with van der Waals surface area (Å²) < 4.78 is 11.2. The summed E-state index contributed by atoms with van der Waals surface area (Å²) in [6, 6.07) is 16.1. The standard InChI is InChI=1S/C23H21N7O/c1-17-13-28(16-24-17)22-9-6-19(12-23(22)31-2)21-15-29(27-26-21)14-18-4-7-20(8-5-18)30-11-3-10-25-30/h3-13,15-16H,14H2,1-2H3. The molecule has 154 valence electrons. The number of hydrogen-bond donors (Lipinski definition) is 0. The van der Waals surface area contributed by atoms with E-state index < -0.39 is 0 Å². The molecule has 0 radical (unpaired) electrons. The van der Waals surface area contributed by atoms with Gasteiger partial charge in [0.1, 0.15) is 11.4 Å². The van der Waals surface area contributed by atoms with Crippen molar-refractivity contribution in [1.29, 1.82) is 0 Å². The lowest BCUT2D eigenvalue weighted by Crippen LogP contribution is -2.01. The molecule has 5 rings (SSSR count). The molecule has 0 aliphatic rings. The molecule has 0 spiro atoms. The quantitative estimate of drug-likeness (QED) is 0.426. The number of hydrogen-bond acceptors (Lipinski definition) is 5. The predicted octanol–water partition coefficient (Wildman–Crippen LogP) is 3.68. The Morgan fingerprint density at radius 2 is 1.90 bits per heavy atom. The molecule has 0 aliphatic heterocycles. The van der Waals surface area contributed by atoms with E-state index in [9.17, 15) is 0 Å². The fraction of sp³-hybridized carbons (Fsp3) is 0.130. The highest BCUT2D eigenvalue weighted by Crippen LogP contribution is 2.29. The minimum Gasteiger partial charge on any atom is -0.495 e. The fourth-order valence-corrected chi connectivity index (χ4v) is 3.47. The second kappa shape index (κ2) is 7.91. The Kier molecular flexibility index (Phi) is 4.80. The van der Waals surface area contributed by atoms with Gasteiger partial charge in [0.25, 0.3) is 0 Å². The number of aryl methyl sites for hydroxylation is 1. The second-order valence-electron chi connectivity index (χ2n) is 7.23. The minimum atomic E-state index is 0.635. The van der Waals surface area contributed by atoms with Crippen molar-refractivity contribution in [2.24, 2.45) is 0 Å². The van der Waals surface area contributed by atoms with Crippen LogP contribution in [-0.2, 0) is 6.54 Å². The monoisotopic (exact) mass is 411 g/mol. The SMILES string of the molecule is COc1cc(-c2cn(Cc3ccc(-n4cccn4)cc3)nn2)ccc1-n1cnc(C)c1. The molecular weight excluding hydrogens is 390 g/mol. The van der Waals surface area contributed by atoms with E-state index in [-0.39, 0.29) is 0 Å². The molecule has 8 heteroatoms. The first-order chi connectivity index (χ1) is 15.2. The average Bonchev–Trinajstić information content (AvgIpc) is 3.56. The zero-order valence-electron chi connectivity index (χ0n) is 17.3. The summed E-state index contributed by atoms with van der Waals surface area (Å²) in [6.45, 7) is 2.59. The first-order valence-electron chi connectivity index (χ1n) is 9.88. The van der Waals surface area contributed by atoms with Gasteiger partial charge in [-0.2, -0.15) is 5.10 Å². The van der Waals surface area contributed by atoms with E-state index in [4.69, 9.17) is 4.74 Å². The van der Waals surface area contributed by atoms with Crippen LogP contribution in [-0.4, -0.2) is 41.4 Å². The van der Waals surface area contributed by atoms with E-state index >= 15 is 0 Å². The summed E-state index contributed by atoms with van der Waals surface area (Å²) >= 11 is 0. The van der Waals surface area contributed by atoms with Crippen LogP contribution in [0.1, 0.15) is 11.3 Å². The molecule has 3 aromatic heterocycles. The van der Waals surface area contributed by atoms with Gasteiger partial charge in [-0.15, -0.1) is 5.10 Å². The first kappa shape index (κ1) is 18.8. The van der Waals surface area contributed by atoms with Crippen molar-refractivity contribution in [3.63, 3.8) is 0 Å². The smallest absolute Gasteiger partial charge is 0.143 e. The van der Waals surface area contributed by atoms with Crippen molar-refractivity contribution < 1.29 is 4.74 Å². The largest absolute Gasteiger partial charge is 0.495 e. The van der Waals surface area contributed by atoms with Crippen molar-refractivity contribution >= 4 is 0 Å². The molecule has 0 bridgehead atoms. The molecular formula is C23H21N7O. The van der Waals surface area contributed by atoms with Gasteiger partial charge in [0.05, 0.1) is 43.2 Å². The Balaban J connectivity index is 1.35. The highest BCUT2D eigenvalue weighted by atomic mass is 16.5. The van der Waals surface area contributed by atoms with Crippen LogP contribution < -0.4 is 4.74 Å². The molecule has 0 aliphatic carbocycles. The molecule has 5 aromatic rings. The first-order valence-corrected chi connectivity index (χ1v) is 9.88. The Bertz CT molecular complexity index is 1300. The van der Waals surface area contributed by atoms with E-state index in [1.54, 1.807) is 19.6 Å².